The quantitative estimate of drug-likeness (QED) is 0.723. The van der Waals surface area contributed by atoms with E-state index < -0.39 is 0 Å². The smallest absolute Gasteiger partial charge is 0.239 e. The zero-order valence-corrected chi connectivity index (χ0v) is 10.0. The lowest BCUT2D eigenvalue weighted by atomic mass is 9.84. The van der Waals surface area contributed by atoms with Crippen LogP contribution in [0.4, 0.5) is 0 Å². The number of hydrogen-bond acceptors (Lipinski definition) is 4. The lowest BCUT2D eigenvalue weighted by molar-refractivity contribution is -0.147. The Hall–Kier alpha value is -0.550. The highest BCUT2D eigenvalue weighted by atomic mass is 32.2. The molecular formula is C11H17NO3S. The summed E-state index contributed by atoms with van der Waals surface area (Å²) in [7, 11) is 0. The van der Waals surface area contributed by atoms with Crippen molar-refractivity contribution in [2.24, 2.45) is 5.92 Å². The highest BCUT2D eigenvalue weighted by Gasteiger charge is 2.37. The maximum Gasteiger partial charge on any atom is 0.239 e. The van der Waals surface area contributed by atoms with Crippen molar-refractivity contribution < 1.29 is 14.7 Å². The van der Waals surface area contributed by atoms with Gasteiger partial charge in [-0.05, 0) is 12.8 Å². The van der Waals surface area contributed by atoms with Crippen LogP contribution in [0.15, 0.2) is 0 Å². The zero-order chi connectivity index (χ0) is 11.5. The number of nitrogens with zero attached hydrogens (tertiary/aromatic N) is 1. The third kappa shape index (κ3) is 2.25. The first-order chi connectivity index (χ1) is 7.74. The molecule has 90 valence electrons. The summed E-state index contributed by atoms with van der Waals surface area (Å²) in [5.74, 6) is 0.740. The summed E-state index contributed by atoms with van der Waals surface area (Å²) in [6, 6.07) is -0.0559. The van der Waals surface area contributed by atoms with E-state index in [9.17, 15) is 14.7 Å². The molecule has 2 rings (SSSR count). The van der Waals surface area contributed by atoms with Crippen LogP contribution in [0.2, 0.25) is 0 Å². The van der Waals surface area contributed by atoms with Gasteiger partial charge in [-0.15, -0.1) is 11.8 Å². The van der Waals surface area contributed by atoms with Crippen molar-refractivity contribution in [1.82, 2.24) is 4.90 Å². The van der Waals surface area contributed by atoms with Crippen LogP contribution in [0.25, 0.3) is 0 Å². The van der Waals surface area contributed by atoms with Crippen LogP contribution < -0.4 is 0 Å². The monoisotopic (exact) mass is 243 g/mol. The first-order valence-corrected chi connectivity index (χ1v) is 6.93. The van der Waals surface area contributed by atoms with E-state index in [1.165, 1.54) is 16.7 Å². The molecule has 1 aliphatic heterocycles. The van der Waals surface area contributed by atoms with Crippen molar-refractivity contribution in [1.29, 1.82) is 0 Å². The Morgan fingerprint density at radius 3 is 2.44 bits per heavy atom. The van der Waals surface area contributed by atoms with Gasteiger partial charge in [-0.2, -0.15) is 0 Å². The number of carbonyl (C=O) groups is 2. The molecule has 2 unspecified atom stereocenters. The van der Waals surface area contributed by atoms with Gasteiger partial charge in [0.2, 0.25) is 11.8 Å². The van der Waals surface area contributed by atoms with Crippen LogP contribution in [0.1, 0.15) is 25.7 Å². The van der Waals surface area contributed by atoms with E-state index in [-0.39, 0.29) is 30.4 Å². The predicted molar refractivity (Wildman–Crippen MR) is 62.0 cm³/mol. The maximum absolute atomic E-state index is 11.8. The first-order valence-electron chi connectivity index (χ1n) is 5.77. The molecule has 2 amide bonds. The van der Waals surface area contributed by atoms with E-state index in [1.54, 1.807) is 0 Å². The Morgan fingerprint density at radius 2 is 1.81 bits per heavy atom. The highest BCUT2D eigenvalue weighted by molar-refractivity contribution is 8.00. The number of amides is 2. The highest BCUT2D eigenvalue weighted by Crippen LogP contribution is 2.30. The van der Waals surface area contributed by atoms with Gasteiger partial charge in [0.1, 0.15) is 0 Å². The van der Waals surface area contributed by atoms with E-state index in [2.05, 4.69) is 0 Å². The van der Waals surface area contributed by atoms with E-state index >= 15 is 0 Å². The molecule has 16 heavy (non-hydrogen) atoms. The molecule has 2 aliphatic rings. The molecule has 0 radical (unpaired) electrons. The molecule has 5 heteroatoms. The minimum absolute atomic E-state index is 0.0559. The van der Waals surface area contributed by atoms with Gasteiger partial charge >= 0.3 is 0 Å². The van der Waals surface area contributed by atoms with E-state index in [0.717, 1.165) is 25.7 Å². The van der Waals surface area contributed by atoms with E-state index in [0.29, 0.717) is 11.5 Å². The van der Waals surface area contributed by atoms with Gasteiger partial charge in [-0.1, -0.05) is 12.8 Å². The summed E-state index contributed by atoms with van der Waals surface area (Å²) in [6.07, 6.45) is 3.91. The molecule has 0 bridgehead atoms. The summed E-state index contributed by atoms with van der Waals surface area (Å²) in [5, 5.41) is 9.31. The molecule has 1 aliphatic carbocycles. The number of imide groups is 1. The number of carbonyl (C=O) groups excluding carboxylic acids is 2. The summed E-state index contributed by atoms with van der Waals surface area (Å²) in [6.45, 7) is 0.0782. The van der Waals surface area contributed by atoms with Crippen molar-refractivity contribution in [3.8, 4) is 0 Å². The van der Waals surface area contributed by atoms with Crippen LogP contribution in [-0.4, -0.2) is 46.0 Å². The summed E-state index contributed by atoms with van der Waals surface area (Å²) in [4.78, 5) is 25.0. The average molecular weight is 243 g/mol. The number of thioether (sulfide) groups is 1. The SMILES string of the molecule is O=C1CSCC(=O)N1C1CCCCC1CO. The van der Waals surface area contributed by atoms with Crippen LogP contribution in [0.5, 0.6) is 0 Å². The Bertz CT molecular complexity index is 279. The predicted octanol–water partition coefficient (Wildman–Crippen LogP) is 0.639. The minimum Gasteiger partial charge on any atom is -0.396 e. The van der Waals surface area contributed by atoms with E-state index in [1.807, 2.05) is 0 Å². The fourth-order valence-corrected chi connectivity index (χ4v) is 3.34. The van der Waals surface area contributed by atoms with Crippen LogP contribution >= 0.6 is 11.8 Å². The zero-order valence-electron chi connectivity index (χ0n) is 9.22. The van der Waals surface area contributed by atoms with Gasteiger partial charge in [-0.25, -0.2) is 0 Å². The van der Waals surface area contributed by atoms with Crippen LogP contribution in [-0.2, 0) is 9.59 Å². The third-order valence-corrected chi connectivity index (χ3v) is 4.33. The number of aliphatic hydroxyl groups is 1. The minimum atomic E-state index is -0.0772. The van der Waals surface area contributed by atoms with Gasteiger partial charge < -0.3 is 5.11 Å². The van der Waals surface area contributed by atoms with Gasteiger partial charge in [0.05, 0.1) is 11.5 Å². The molecule has 0 aromatic heterocycles. The lowest BCUT2D eigenvalue weighted by Crippen LogP contribution is -2.53. The molecule has 2 fully saturated rings. The summed E-state index contributed by atoms with van der Waals surface area (Å²) >= 11 is 1.38. The van der Waals surface area contributed by atoms with Gasteiger partial charge in [-0.3, -0.25) is 14.5 Å². The van der Waals surface area contributed by atoms with E-state index in [4.69, 9.17) is 0 Å². The Balaban J connectivity index is 2.13. The molecule has 1 saturated heterocycles. The normalized spacial score (nSPS) is 31.9. The molecule has 1 heterocycles. The lowest BCUT2D eigenvalue weighted by Gasteiger charge is -2.39. The number of hydrogen-bond donors (Lipinski definition) is 1. The largest absolute Gasteiger partial charge is 0.396 e. The molecule has 2 atom stereocenters. The summed E-state index contributed by atoms with van der Waals surface area (Å²) in [5.41, 5.74) is 0. The van der Waals surface area contributed by atoms with Gasteiger partial charge in [0.25, 0.3) is 0 Å². The number of rotatable bonds is 2. The third-order valence-electron chi connectivity index (χ3n) is 3.42. The molecule has 0 aromatic rings. The second kappa shape index (κ2) is 5.19. The van der Waals surface area contributed by atoms with Crippen molar-refractivity contribution in [3.63, 3.8) is 0 Å². The second-order valence-corrected chi connectivity index (χ2v) is 5.43. The Kier molecular flexibility index (Phi) is 3.86. The first kappa shape index (κ1) is 11.9. The molecule has 4 nitrogen and oxygen atoms in total. The molecule has 0 aromatic carbocycles. The Morgan fingerprint density at radius 1 is 1.19 bits per heavy atom. The summed E-state index contributed by atoms with van der Waals surface area (Å²) < 4.78 is 0. The van der Waals surface area contributed by atoms with Gasteiger partial charge in [0.15, 0.2) is 0 Å². The maximum atomic E-state index is 11.8. The Labute approximate surface area is 99.4 Å². The topological polar surface area (TPSA) is 57.6 Å². The fraction of sp³-hybridized carbons (Fsp3) is 0.818. The molecule has 1 N–H and O–H groups in total. The van der Waals surface area contributed by atoms with Gasteiger partial charge in [0, 0.05) is 18.6 Å². The van der Waals surface area contributed by atoms with Crippen LogP contribution in [0.3, 0.4) is 0 Å². The van der Waals surface area contributed by atoms with Crippen molar-refractivity contribution in [2.75, 3.05) is 18.1 Å². The van der Waals surface area contributed by atoms with Crippen LogP contribution in [0, 0.1) is 5.92 Å². The van der Waals surface area contributed by atoms with Crippen molar-refractivity contribution in [2.45, 2.75) is 31.7 Å². The molecular weight excluding hydrogens is 226 g/mol. The molecule has 0 spiro atoms. The van der Waals surface area contributed by atoms with Crippen molar-refractivity contribution in [3.05, 3.63) is 0 Å². The molecule has 1 saturated carbocycles. The van der Waals surface area contributed by atoms with Crippen molar-refractivity contribution >= 4 is 23.6 Å². The second-order valence-electron chi connectivity index (χ2n) is 4.44. The standard InChI is InChI=1S/C11H17NO3S/c13-5-8-3-1-2-4-9(8)12-10(14)6-16-7-11(12)15/h8-9,13H,1-7H2. The number of aliphatic hydroxyl groups excluding tert-OH is 1. The average Bonchev–Trinajstić information content (AvgIpc) is 2.29. The fourth-order valence-electron chi connectivity index (χ4n) is 2.61.